The van der Waals surface area contributed by atoms with Crippen LogP contribution in [0.2, 0.25) is 0 Å². The Morgan fingerprint density at radius 3 is 1.93 bits per heavy atom. The van der Waals surface area contributed by atoms with Gasteiger partial charge in [-0.1, -0.05) is 66.7 Å². The maximum absolute atomic E-state index is 12.0. The first-order chi connectivity index (χ1) is 13.7. The summed E-state index contributed by atoms with van der Waals surface area (Å²) in [4.78, 5) is 24.0. The predicted molar refractivity (Wildman–Crippen MR) is 112 cm³/mol. The minimum absolute atomic E-state index is 0.548. The van der Waals surface area contributed by atoms with E-state index in [-0.39, 0.29) is 0 Å². The fourth-order valence-corrected chi connectivity index (χ4v) is 3.10. The summed E-state index contributed by atoms with van der Waals surface area (Å²) in [5, 5.41) is 10.7. The highest BCUT2D eigenvalue weighted by Crippen LogP contribution is 2.27. The monoisotopic (exact) mass is 367 g/mol. The van der Waals surface area contributed by atoms with Crippen LogP contribution in [0, 0.1) is 0 Å². The molecule has 0 aliphatic rings. The second-order valence-electron chi connectivity index (χ2n) is 6.25. The van der Waals surface area contributed by atoms with E-state index in [0.717, 1.165) is 27.1 Å². The second kappa shape index (κ2) is 7.72. The number of hydrazone groups is 1. The van der Waals surface area contributed by atoms with Crippen LogP contribution in [0.1, 0.15) is 5.56 Å². The van der Waals surface area contributed by atoms with Crippen molar-refractivity contribution >= 4 is 45.3 Å². The molecule has 0 fully saturated rings. The summed E-state index contributed by atoms with van der Waals surface area (Å²) in [5.74, 6) is -1.60. The first-order valence-corrected chi connectivity index (χ1v) is 8.82. The van der Waals surface area contributed by atoms with Crippen LogP contribution in [0.3, 0.4) is 0 Å². The van der Waals surface area contributed by atoms with Crippen LogP contribution in [-0.4, -0.2) is 18.0 Å². The van der Waals surface area contributed by atoms with Crippen LogP contribution < -0.4 is 10.7 Å². The van der Waals surface area contributed by atoms with Crippen molar-refractivity contribution in [3.05, 3.63) is 90.5 Å². The first-order valence-electron chi connectivity index (χ1n) is 8.82. The Morgan fingerprint density at radius 2 is 1.29 bits per heavy atom. The summed E-state index contributed by atoms with van der Waals surface area (Å²) in [6.07, 6.45) is 1.58. The van der Waals surface area contributed by atoms with Gasteiger partial charge in [-0.05, 0) is 39.7 Å². The van der Waals surface area contributed by atoms with E-state index in [1.165, 1.54) is 0 Å². The quantitative estimate of drug-likeness (QED) is 0.248. The number of nitrogens with one attached hydrogen (secondary N) is 2. The number of fused-ring (bicyclic) bond motifs is 2. The molecular weight excluding hydrogens is 350 g/mol. The summed E-state index contributed by atoms with van der Waals surface area (Å²) in [6, 6.07) is 26.9. The lowest BCUT2D eigenvalue weighted by atomic mass is 9.97. The van der Waals surface area contributed by atoms with Gasteiger partial charge in [0.15, 0.2) is 0 Å². The topological polar surface area (TPSA) is 70.6 Å². The molecule has 5 nitrogen and oxygen atoms in total. The normalized spacial score (nSPS) is 11.0. The molecule has 2 N–H and O–H groups in total. The van der Waals surface area contributed by atoms with Gasteiger partial charge in [-0.2, -0.15) is 5.10 Å². The number of para-hydroxylation sites is 1. The van der Waals surface area contributed by atoms with Gasteiger partial charge < -0.3 is 5.32 Å². The Labute approximate surface area is 161 Å². The number of benzene rings is 4. The van der Waals surface area contributed by atoms with Crippen LogP contribution in [0.4, 0.5) is 5.69 Å². The van der Waals surface area contributed by atoms with E-state index in [1.54, 1.807) is 30.5 Å². The number of hydrogen-bond donors (Lipinski definition) is 2. The molecule has 0 saturated carbocycles. The van der Waals surface area contributed by atoms with Crippen LogP contribution >= 0.6 is 0 Å². The zero-order valence-electron chi connectivity index (χ0n) is 14.9. The Bertz CT molecular complexity index is 1150. The summed E-state index contributed by atoms with van der Waals surface area (Å²) in [7, 11) is 0. The first kappa shape index (κ1) is 17.4. The fraction of sp³-hybridized carbons (Fsp3) is 0. The van der Waals surface area contributed by atoms with Gasteiger partial charge >= 0.3 is 11.8 Å². The molecule has 136 valence electrons. The molecule has 28 heavy (non-hydrogen) atoms. The zero-order valence-corrected chi connectivity index (χ0v) is 14.9. The predicted octanol–water partition coefficient (Wildman–Crippen LogP) is 4.08. The number of hydrogen-bond acceptors (Lipinski definition) is 3. The average Bonchev–Trinajstić information content (AvgIpc) is 2.73. The molecule has 4 aromatic rings. The number of amides is 2. The molecule has 0 aromatic heterocycles. The Balaban J connectivity index is 1.58. The van der Waals surface area contributed by atoms with Crippen molar-refractivity contribution in [2.24, 2.45) is 5.10 Å². The van der Waals surface area contributed by atoms with Crippen molar-refractivity contribution in [1.82, 2.24) is 5.43 Å². The minimum atomic E-state index is -0.829. The molecule has 0 aliphatic heterocycles. The standard InChI is InChI=1S/C23H17N3O2/c27-22(25-18-10-2-1-3-11-18)23(28)26-24-15-21-19-12-6-4-8-16(19)14-17-9-5-7-13-20(17)21/h1-15H,(H,25,27)(H,26,28)/b24-15-. The minimum Gasteiger partial charge on any atom is -0.318 e. The lowest BCUT2D eigenvalue weighted by molar-refractivity contribution is -0.136. The van der Waals surface area contributed by atoms with Gasteiger partial charge in [0, 0.05) is 11.3 Å². The van der Waals surface area contributed by atoms with E-state index in [2.05, 4.69) is 21.9 Å². The van der Waals surface area contributed by atoms with E-state index in [1.807, 2.05) is 54.6 Å². The van der Waals surface area contributed by atoms with Gasteiger partial charge in [0.05, 0.1) is 6.21 Å². The molecule has 5 heteroatoms. The maximum Gasteiger partial charge on any atom is 0.329 e. The van der Waals surface area contributed by atoms with E-state index >= 15 is 0 Å². The molecular formula is C23H17N3O2. The van der Waals surface area contributed by atoms with Gasteiger partial charge in [0.2, 0.25) is 0 Å². The van der Waals surface area contributed by atoms with Crippen molar-refractivity contribution in [1.29, 1.82) is 0 Å². The number of carbonyl (C=O) groups excluding carboxylic acids is 2. The highest BCUT2D eigenvalue weighted by molar-refractivity contribution is 6.39. The van der Waals surface area contributed by atoms with Gasteiger partial charge in [-0.3, -0.25) is 9.59 Å². The molecule has 2 amide bonds. The summed E-state index contributed by atoms with van der Waals surface area (Å²) < 4.78 is 0. The molecule has 0 bridgehead atoms. The molecule has 0 spiro atoms. The van der Waals surface area contributed by atoms with Gasteiger partial charge in [-0.25, -0.2) is 5.43 Å². The van der Waals surface area contributed by atoms with Gasteiger partial charge in [0.1, 0.15) is 0 Å². The van der Waals surface area contributed by atoms with E-state index in [4.69, 9.17) is 0 Å². The summed E-state index contributed by atoms with van der Waals surface area (Å²) in [6.45, 7) is 0. The van der Waals surface area contributed by atoms with E-state index in [9.17, 15) is 9.59 Å². The Hall–Kier alpha value is -3.99. The number of rotatable bonds is 3. The van der Waals surface area contributed by atoms with Crippen LogP contribution in [0.25, 0.3) is 21.5 Å². The van der Waals surface area contributed by atoms with Gasteiger partial charge in [-0.15, -0.1) is 0 Å². The maximum atomic E-state index is 12.0. The van der Waals surface area contributed by atoms with Crippen molar-refractivity contribution in [2.45, 2.75) is 0 Å². The summed E-state index contributed by atoms with van der Waals surface area (Å²) in [5.41, 5.74) is 3.73. The SMILES string of the molecule is O=C(N/N=C\c1c2ccccc2cc2ccccc12)C(=O)Nc1ccccc1. The highest BCUT2D eigenvalue weighted by atomic mass is 16.2. The Morgan fingerprint density at radius 1 is 0.714 bits per heavy atom. The molecule has 4 aromatic carbocycles. The van der Waals surface area contributed by atoms with E-state index in [0.29, 0.717) is 5.69 Å². The van der Waals surface area contributed by atoms with Gasteiger partial charge in [0.25, 0.3) is 0 Å². The molecule has 0 saturated heterocycles. The number of nitrogens with zero attached hydrogens (tertiary/aromatic N) is 1. The summed E-state index contributed by atoms with van der Waals surface area (Å²) >= 11 is 0. The van der Waals surface area contributed by atoms with Crippen LogP contribution in [0.5, 0.6) is 0 Å². The molecule has 0 aliphatic carbocycles. The third-order valence-electron chi connectivity index (χ3n) is 4.41. The van der Waals surface area contributed by atoms with Crippen molar-refractivity contribution < 1.29 is 9.59 Å². The average molecular weight is 367 g/mol. The van der Waals surface area contributed by atoms with Crippen molar-refractivity contribution in [3.8, 4) is 0 Å². The third kappa shape index (κ3) is 3.59. The number of anilines is 1. The zero-order chi connectivity index (χ0) is 19.3. The fourth-order valence-electron chi connectivity index (χ4n) is 3.10. The molecule has 0 unspecified atom stereocenters. The highest BCUT2D eigenvalue weighted by Gasteiger charge is 2.12. The Kier molecular flexibility index (Phi) is 4.80. The van der Waals surface area contributed by atoms with Crippen molar-refractivity contribution in [2.75, 3.05) is 5.32 Å². The lowest BCUT2D eigenvalue weighted by Crippen LogP contribution is -2.32. The lowest BCUT2D eigenvalue weighted by Gasteiger charge is -2.08. The molecule has 0 heterocycles. The third-order valence-corrected chi connectivity index (χ3v) is 4.41. The van der Waals surface area contributed by atoms with E-state index < -0.39 is 11.8 Å². The molecule has 0 atom stereocenters. The largest absolute Gasteiger partial charge is 0.329 e. The molecule has 0 radical (unpaired) electrons. The van der Waals surface area contributed by atoms with Crippen molar-refractivity contribution in [3.63, 3.8) is 0 Å². The molecule has 4 rings (SSSR count). The smallest absolute Gasteiger partial charge is 0.318 e. The van der Waals surface area contributed by atoms with Crippen LogP contribution in [-0.2, 0) is 9.59 Å². The van der Waals surface area contributed by atoms with Crippen LogP contribution in [0.15, 0.2) is 90.0 Å². The number of carbonyl (C=O) groups is 2. The second-order valence-corrected chi connectivity index (χ2v) is 6.25.